The molecule has 0 bridgehead atoms. The molecule has 0 fully saturated rings. The molecule has 1 amide bonds. The van der Waals surface area contributed by atoms with Crippen molar-refractivity contribution in [1.29, 1.82) is 0 Å². The van der Waals surface area contributed by atoms with Crippen LogP contribution >= 0.6 is 23.1 Å². The molecule has 2 heterocycles. The lowest BCUT2D eigenvalue weighted by Crippen LogP contribution is -2.11. The van der Waals surface area contributed by atoms with E-state index in [4.69, 9.17) is 0 Å². The topological polar surface area (TPSA) is 29.1 Å². The van der Waals surface area contributed by atoms with Crippen LogP contribution in [0.15, 0.2) is 41.8 Å². The molecule has 86 valence electrons. The summed E-state index contributed by atoms with van der Waals surface area (Å²) in [6, 6.07) is 12.3. The fourth-order valence-electron chi connectivity index (χ4n) is 1.92. The van der Waals surface area contributed by atoms with E-state index in [0.29, 0.717) is 5.75 Å². The van der Waals surface area contributed by atoms with Gasteiger partial charge < -0.3 is 5.32 Å². The number of anilines is 1. The number of hydrogen-bond donors (Lipinski definition) is 1. The summed E-state index contributed by atoms with van der Waals surface area (Å²) in [6.07, 6.45) is 0. The number of thiophene rings is 1. The SMILES string of the molecule is O=C1CS[C@@H](c2ccccc2)c2sccc2N1. The molecule has 0 unspecified atom stereocenters. The highest BCUT2D eigenvalue weighted by Crippen LogP contribution is 2.43. The first-order valence-corrected chi connectivity index (χ1v) is 7.31. The summed E-state index contributed by atoms with van der Waals surface area (Å²) < 4.78 is 0. The van der Waals surface area contributed by atoms with E-state index in [1.54, 1.807) is 23.1 Å². The molecule has 2 nitrogen and oxygen atoms in total. The second-order valence-corrected chi connectivity index (χ2v) is 5.89. The molecule has 2 aromatic rings. The molecule has 0 saturated heterocycles. The van der Waals surface area contributed by atoms with Gasteiger partial charge in [-0.2, -0.15) is 0 Å². The van der Waals surface area contributed by atoms with Gasteiger partial charge in [-0.05, 0) is 17.0 Å². The van der Waals surface area contributed by atoms with E-state index in [2.05, 4.69) is 17.4 Å². The minimum absolute atomic E-state index is 0.0908. The van der Waals surface area contributed by atoms with Crippen molar-refractivity contribution in [2.75, 3.05) is 11.1 Å². The molecule has 3 rings (SSSR count). The van der Waals surface area contributed by atoms with E-state index in [-0.39, 0.29) is 11.2 Å². The second-order valence-electron chi connectivity index (χ2n) is 3.85. The number of thioether (sulfide) groups is 1. The third kappa shape index (κ3) is 2.10. The van der Waals surface area contributed by atoms with Gasteiger partial charge in [0.2, 0.25) is 5.91 Å². The Morgan fingerprint density at radius 1 is 1.18 bits per heavy atom. The van der Waals surface area contributed by atoms with Crippen molar-refractivity contribution < 1.29 is 4.79 Å². The first-order chi connectivity index (χ1) is 8.34. The first kappa shape index (κ1) is 10.9. The fraction of sp³-hybridized carbons (Fsp3) is 0.154. The van der Waals surface area contributed by atoms with E-state index in [1.807, 2.05) is 29.6 Å². The highest BCUT2D eigenvalue weighted by Gasteiger charge is 2.24. The summed E-state index contributed by atoms with van der Waals surface area (Å²) in [4.78, 5) is 12.8. The van der Waals surface area contributed by atoms with Crippen LogP contribution in [0.25, 0.3) is 0 Å². The van der Waals surface area contributed by atoms with Crippen LogP contribution in [-0.2, 0) is 4.79 Å². The van der Waals surface area contributed by atoms with Crippen LogP contribution in [0.1, 0.15) is 15.7 Å². The van der Waals surface area contributed by atoms with Crippen LogP contribution in [0.2, 0.25) is 0 Å². The van der Waals surface area contributed by atoms with Gasteiger partial charge in [0, 0.05) is 4.88 Å². The van der Waals surface area contributed by atoms with E-state index < -0.39 is 0 Å². The third-order valence-corrected chi connectivity index (χ3v) is 5.09. The highest BCUT2D eigenvalue weighted by atomic mass is 32.2. The molecule has 4 heteroatoms. The molecular formula is C13H11NOS2. The van der Waals surface area contributed by atoms with Crippen molar-refractivity contribution in [3.63, 3.8) is 0 Å². The molecule has 1 aliphatic rings. The van der Waals surface area contributed by atoms with Gasteiger partial charge in [0.1, 0.15) is 0 Å². The van der Waals surface area contributed by atoms with E-state index in [1.165, 1.54) is 10.4 Å². The monoisotopic (exact) mass is 261 g/mol. The van der Waals surface area contributed by atoms with E-state index in [0.717, 1.165) is 5.69 Å². The molecule has 1 atom stereocenters. The van der Waals surface area contributed by atoms with Crippen molar-refractivity contribution >= 4 is 34.7 Å². The summed E-state index contributed by atoms with van der Waals surface area (Å²) in [6.45, 7) is 0. The second kappa shape index (κ2) is 4.55. The molecule has 1 aromatic carbocycles. The normalized spacial score (nSPS) is 19.3. The van der Waals surface area contributed by atoms with Gasteiger partial charge in [-0.15, -0.1) is 23.1 Å². The number of rotatable bonds is 1. The van der Waals surface area contributed by atoms with Gasteiger partial charge in [-0.1, -0.05) is 30.3 Å². The van der Waals surface area contributed by atoms with Gasteiger partial charge >= 0.3 is 0 Å². The Labute approximate surface area is 108 Å². The maximum atomic E-state index is 11.6. The van der Waals surface area contributed by atoms with Crippen LogP contribution in [0.3, 0.4) is 0 Å². The highest BCUT2D eigenvalue weighted by molar-refractivity contribution is 8.00. The molecule has 1 aromatic heterocycles. The molecule has 1 aliphatic heterocycles. The molecule has 0 saturated carbocycles. The van der Waals surface area contributed by atoms with Crippen molar-refractivity contribution in [3.05, 3.63) is 52.2 Å². The van der Waals surface area contributed by atoms with Crippen molar-refractivity contribution in [2.24, 2.45) is 0 Å². The van der Waals surface area contributed by atoms with Crippen LogP contribution in [0.4, 0.5) is 5.69 Å². The molecule has 0 radical (unpaired) electrons. The van der Waals surface area contributed by atoms with Gasteiger partial charge in [-0.3, -0.25) is 4.79 Å². The standard InChI is InChI=1S/C13H11NOS2/c15-11-8-17-12(9-4-2-1-3-5-9)13-10(14-11)6-7-16-13/h1-7,12H,8H2,(H,14,15)/t12-/m0/s1. The number of carbonyl (C=O) groups is 1. The first-order valence-electron chi connectivity index (χ1n) is 5.38. The average Bonchev–Trinajstić information content (AvgIpc) is 2.73. The number of nitrogens with one attached hydrogen (secondary N) is 1. The molecular weight excluding hydrogens is 250 g/mol. The predicted octanol–water partition coefficient (Wildman–Crippen LogP) is 3.52. The zero-order valence-corrected chi connectivity index (χ0v) is 10.7. The lowest BCUT2D eigenvalue weighted by Gasteiger charge is -2.13. The number of fused-ring (bicyclic) bond motifs is 1. The summed E-state index contributed by atoms with van der Waals surface area (Å²) >= 11 is 3.40. The van der Waals surface area contributed by atoms with Crippen molar-refractivity contribution in [1.82, 2.24) is 0 Å². The Morgan fingerprint density at radius 2 is 2.00 bits per heavy atom. The number of carbonyl (C=O) groups excluding carboxylic acids is 1. The lowest BCUT2D eigenvalue weighted by atomic mass is 10.1. The molecule has 0 spiro atoms. The van der Waals surface area contributed by atoms with Crippen LogP contribution in [0, 0.1) is 0 Å². The molecule has 1 N–H and O–H groups in total. The summed E-state index contributed by atoms with van der Waals surface area (Å²) in [7, 11) is 0. The van der Waals surface area contributed by atoms with Gasteiger partial charge in [0.05, 0.1) is 16.7 Å². The largest absolute Gasteiger partial charge is 0.324 e. The summed E-state index contributed by atoms with van der Waals surface area (Å²) in [5, 5.41) is 5.26. The van der Waals surface area contributed by atoms with Crippen LogP contribution in [-0.4, -0.2) is 11.7 Å². The average molecular weight is 261 g/mol. The van der Waals surface area contributed by atoms with Gasteiger partial charge in [0.25, 0.3) is 0 Å². The van der Waals surface area contributed by atoms with Gasteiger partial charge in [0.15, 0.2) is 0 Å². The van der Waals surface area contributed by atoms with Crippen molar-refractivity contribution in [3.8, 4) is 0 Å². The summed E-state index contributed by atoms with van der Waals surface area (Å²) in [5.74, 6) is 0.606. The Balaban J connectivity index is 2.04. The molecule has 17 heavy (non-hydrogen) atoms. The molecule has 0 aliphatic carbocycles. The predicted molar refractivity (Wildman–Crippen MR) is 73.7 cm³/mol. The van der Waals surface area contributed by atoms with E-state index in [9.17, 15) is 4.79 Å². The van der Waals surface area contributed by atoms with Gasteiger partial charge in [-0.25, -0.2) is 0 Å². The van der Waals surface area contributed by atoms with Crippen molar-refractivity contribution in [2.45, 2.75) is 5.25 Å². The number of hydrogen-bond acceptors (Lipinski definition) is 3. The Kier molecular flexibility index (Phi) is 2.91. The fourth-order valence-corrected chi connectivity index (χ4v) is 4.17. The quantitative estimate of drug-likeness (QED) is 0.851. The van der Waals surface area contributed by atoms with Crippen LogP contribution < -0.4 is 5.32 Å². The lowest BCUT2D eigenvalue weighted by molar-refractivity contribution is -0.113. The summed E-state index contributed by atoms with van der Waals surface area (Å²) in [5.41, 5.74) is 2.23. The minimum atomic E-state index is 0.0908. The maximum Gasteiger partial charge on any atom is 0.234 e. The van der Waals surface area contributed by atoms with E-state index >= 15 is 0 Å². The minimum Gasteiger partial charge on any atom is -0.324 e. The number of amides is 1. The Hall–Kier alpha value is -1.26. The zero-order valence-electron chi connectivity index (χ0n) is 9.05. The third-order valence-electron chi connectivity index (χ3n) is 2.69. The number of benzene rings is 1. The maximum absolute atomic E-state index is 11.6. The Bertz CT molecular complexity index is 535. The smallest absolute Gasteiger partial charge is 0.234 e. The zero-order chi connectivity index (χ0) is 11.7. The Morgan fingerprint density at radius 3 is 2.82 bits per heavy atom. The van der Waals surface area contributed by atoms with Crippen LogP contribution in [0.5, 0.6) is 0 Å².